The molecule has 0 radical (unpaired) electrons. The molecular weight excluding hydrogens is 248 g/mol. The molecule has 0 aromatic heterocycles. The van der Waals surface area contributed by atoms with E-state index in [9.17, 15) is 4.79 Å². The number of ether oxygens (including phenoxy) is 1. The predicted octanol–water partition coefficient (Wildman–Crippen LogP) is 3.72. The summed E-state index contributed by atoms with van der Waals surface area (Å²) in [7, 11) is 0. The molecule has 0 bridgehead atoms. The summed E-state index contributed by atoms with van der Waals surface area (Å²) in [6, 6.07) is 18.0. The predicted molar refractivity (Wildman–Crippen MR) is 76.7 cm³/mol. The molecule has 2 unspecified atom stereocenters. The lowest BCUT2D eigenvalue weighted by atomic mass is 9.89. The Bertz CT molecular complexity index is 662. The van der Waals surface area contributed by atoms with E-state index in [-0.39, 0.29) is 11.9 Å². The molecule has 2 nitrogen and oxygen atoms in total. The van der Waals surface area contributed by atoms with Crippen molar-refractivity contribution in [2.45, 2.75) is 31.0 Å². The third-order valence-electron chi connectivity index (χ3n) is 4.44. The number of carbonyl (C=O) groups excluding carboxylic acids is 1. The maximum Gasteiger partial charge on any atom is 0.197 e. The second-order valence-electron chi connectivity index (χ2n) is 5.64. The van der Waals surface area contributed by atoms with Crippen LogP contribution in [0.2, 0.25) is 0 Å². The van der Waals surface area contributed by atoms with Crippen LogP contribution in [0.15, 0.2) is 54.6 Å². The number of Topliss-reactive ketones (excluding diaryl/α,β-unsaturated/α-hetero) is 1. The number of benzene rings is 2. The second kappa shape index (κ2) is 4.29. The van der Waals surface area contributed by atoms with Crippen molar-refractivity contribution in [3.8, 4) is 0 Å². The van der Waals surface area contributed by atoms with Crippen LogP contribution >= 0.6 is 0 Å². The van der Waals surface area contributed by atoms with Crippen molar-refractivity contribution in [1.29, 1.82) is 0 Å². The molecule has 1 aliphatic carbocycles. The van der Waals surface area contributed by atoms with Crippen molar-refractivity contribution in [1.82, 2.24) is 0 Å². The Balaban J connectivity index is 1.73. The minimum absolute atomic E-state index is 0.0673. The molecule has 1 spiro atoms. The molecule has 1 saturated heterocycles. The quantitative estimate of drug-likeness (QED) is 0.735. The summed E-state index contributed by atoms with van der Waals surface area (Å²) < 4.78 is 5.93. The van der Waals surface area contributed by atoms with E-state index in [0.29, 0.717) is 0 Å². The number of hydrogen-bond donors (Lipinski definition) is 0. The minimum Gasteiger partial charge on any atom is -0.352 e. The average molecular weight is 264 g/mol. The highest BCUT2D eigenvalue weighted by molar-refractivity contribution is 6.06. The van der Waals surface area contributed by atoms with E-state index in [1.54, 1.807) is 0 Å². The van der Waals surface area contributed by atoms with Crippen LogP contribution < -0.4 is 0 Å². The van der Waals surface area contributed by atoms with Crippen LogP contribution in [-0.2, 0) is 11.2 Å². The summed E-state index contributed by atoms with van der Waals surface area (Å²) in [6.07, 6.45) is 2.73. The summed E-state index contributed by atoms with van der Waals surface area (Å²) in [4.78, 5) is 12.9. The molecule has 1 fully saturated rings. The van der Waals surface area contributed by atoms with Gasteiger partial charge in [0.15, 0.2) is 11.4 Å². The fourth-order valence-corrected chi connectivity index (χ4v) is 3.35. The van der Waals surface area contributed by atoms with Crippen molar-refractivity contribution in [3.05, 3.63) is 71.3 Å². The van der Waals surface area contributed by atoms with Crippen LogP contribution in [0.4, 0.5) is 0 Å². The van der Waals surface area contributed by atoms with Gasteiger partial charge in [0.1, 0.15) is 6.10 Å². The average Bonchev–Trinajstić information content (AvgIpc) is 3.25. The van der Waals surface area contributed by atoms with Gasteiger partial charge >= 0.3 is 0 Å². The largest absolute Gasteiger partial charge is 0.352 e. The molecule has 20 heavy (non-hydrogen) atoms. The van der Waals surface area contributed by atoms with Crippen LogP contribution in [0.5, 0.6) is 0 Å². The third-order valence-corrected chi connectivity index (χ3v) is 4.44. The van der Waals surface area contributed by atoms with E-state index in [1.165, 1.54) is 0 Å². The van der Waals surface area contributed by atoms with E-state index in [4.69, 9.17) is 4.74 Å². The Hall–Kier alpha value is -1.93. The van der Waals surface area contributed by atoms with E-state index in [0.717, 1.165) is 36.0 Å². The van der Waals surface area contributed by atoms with Crippen LogP contribution in [0.25, 0.3) is 0 Å². The van der Waals surface area contributed by atoms with Crippen molar-refractivity contribution >= 4 is 5.78 Å². The van der Waals surface area contributed by atoms with E-state index in [1.807, 2.05) is 48.5 Å². The molecule has 100 valence electrons. The van der Waals surface area contributed by atoms with Crippen LogP contribution in [0, 0.1) is 0 Å². The summed E-state index contributed by atoms with van der Waals surface area (Å²) in [5, 5.41) is 0. The van der Waals surface area contributed by atoms with Crippen molar-refractivity contribution in [3.63, 3.8) is 0 Å². The first kappa shape index (κ1) is 11.9. The zero-order valence-corrected chi connectivity index (χ0v) is 11.2. The first-order chi connectivity index (χ1) is 9.81. The van der Waals surface area contributed by atoms with Gasteiger partial charge < -0.3 is 4.74 Å². The maximum absolute atomic E-state index is 12.9. The molecule has 2 aliphatic rings. The number of aryl methyl sites for hydroxylation is 1. The molecular formula is C18H16O2. The Morgan fingerprint density at radius 1 is 1.00 bits per heavy atom. The van der Waals surface area contributed by atoms with Crippen LogP contribution in [0.3, 0.4) is 0 Å². The van der Waals surface area contributed by atoms with Gasteiger partial charge in [0, 0.05) is 5.56 Å². The molecule has 2 heteroatoms. The van der Waals surface area contributed by atoms with Crippen molar-refractivity contribution in [2.75, 3.05) is 0 Å². The maximum atomic E-state index is 12.9. The molecule has 1 aliphatic heterocycles. The van der Waals surface area contributed by atoms with E-state index < -0.39 is 5.60 Å². The van der Waals surface area contributed by atoms with Gasteiger partial charge in [-0.05, 0) is 30.4 Å². The Morgan fingerprint density at radius 3 is 2.60 bits per heavy atom. The fourth-order valence-electron chi connectivity index (χ4n) is 3.35. The summed E-state index contributed by atoms with van der Waals surface area (Å²) >= 11 is 0. The molecule has 4 rings (SSSR count). The third kappa shape index (κ3) is 1.65. The van der Waals surface area contributed by atoms with Gasteiger partial charge in [-0.25, -0.2) is 0 Å². The summed E-state index contributed by atoms with van der Waals surface area (Å²) in [5.74, 6) is 0.166. The normalized spacial score (nSPS) is 28.0. The van der Waals surface area contributed by atoms with Crippen LogP contribution in [-0.4, -0.2) is 11.4 Å². The standard InChI is InChI=1S/C18H16O2/c19-16-15-11-5-4-7-13(15)10-6-12-18(16)17(20-18)14-8-2-1-3-9-14/h1-5,7-9,11,17H,6,10,12H2. The molecule has 2 aromatic carbocycles. The highest BCUT2D eigenvalue weighted by Crippen LogP contribution is 2.55. The topological polar surface area (TPSA) is 29.6 Å². The fraction of sp³-hybridized carbons (Fsp3) is 0.278. The number of fused-ring (bicyclic) bond motifs is 1. The van der Waals surface area contributed by atoms with E-state index in [2.05, 4.69) is 6.07 Å². The van der Waals surface area contributed by atoms with Crippen molar-refractivity contribution in [2.24, 2.45) is 0 Å². The number of hydrogen-bond acceptors (Lipinski definition) is 2. The highest BCUT2D eigenvalue weighted by Gasteiger charge is 2.62. The van der Waals surface area contributed by atoms with Gasteiger partial charge in [0.2, 0.25) is 0 Å². The Morgan fingerprint density at radius 2 is 1.75 bits per heavy atom. The lowest BCUT2D eigenvalue weighted by Gasteiger charge is -2.09. The second-order valence-corrected chi connectivity index (χ2v) is 5.64. The lowest BCUT2D eigenvalue weighted by Crippen LogP contribution is -2.24. The number of carbonyl (C=O) groups is 1. The summed E-state index contributed by atoms with van der Waals surface area (Å²) in [5.41, 5.74) is 2.52. The van der Waals surface area contributed by atoms with Gasteiger partial charge in [0.05, 0.1) is 0 Å². The molecule has 0 N–H and O–H groups in total. The Kier molecular flexibility index (Phi) is 2.54. The van der Waals surface area contributed by atoms with Crippen LogP contribution in [0.1, 0.15) is 40.4 Å². The Labute approximate surface area is 118 Å². The van der Waals surface area contributed by atoms with Gasteiger partial charge in [-0.15, -0.1) is 0 Å². The van der Waals surface area contributed by atoms with Gasteiger partial charge in [-0.1, -0.05) is 54.6 Å². The molecule has 1 heterocycles. The van der Waals surface area contributed by atoms with Gasteiger partial charge in [-0.2, -0.15) is 0 Å². The first-order valence-corrected chi connectivity index (χ1v) is 7.17. The van der Waals surface area contributed by atoms with Crippen molar-refractivity contribution < 1.29 is 9.53 Å². The molecule has 0 saturated carbocycles. The molecule has 2 aromatic rings. The lowest BCUT2D eigenvalue weighted by molar-refractivity contribution is 0.0867. The molecule has 2 atom stereocenters. The zero-order chi connectivity index (χ0) is 13.6. The first-order valence-electron chi connectivity index (χ1n) is 7.17. The van der Waals surface area contributed by atoms with Gasteiger partial charge in [-0.3, -0.25) is 4.79 Å². The van der Waals surface area contributed by atoms with Gasteiger partial charge in [0.25, 0.3) is 0 Å². The highest BCUT2D eigenvalue weighted by atomic mass is 16.6. The minimum atomic E-state index is -0.603. The number of epoxide rings is 1. The monoisotopic (exact) mass is 264 g/mol. The van der Waals surface area contributed by atoms with E-state index >= 15 is 0 Å². The SMILES string of the molecule is O=C1c2ccccc2CCCC12OC2c1ccccc1. The smallest absolute Gasteiger partial charge is 0.197 e. The summed E-state index contributed by atoms with van der Waals surface area (Å²) in [6.45, 7) is 0. The molecule has 0 amide bonds. The number of rotatable bonds is 1. The number of ketones is 1. The zero-order valence-electron chi connectivity index (χ0n) is 11.2.